The van der Waals surface area contributed by atoms with Crippen LogP contribution in [0.1, 0.15) is 5.56 Å². The number of ether oxygens (including phenoxy) is 1. The third kappa shape index (κ3) is 3.70. The maximum atomic E-state index is 9.43. The predicted molar refractivity (Wildman–Crippen MR) is 75.6 cm³/mol. The van der Waals surface area contributed by atoms with Crippen molar-refractivity contribution < 1.29 is 14.8 Å². The summed E-state index contributed by atoms with van der Waals surface area (Å²) in [5.74, 6) is 0.744. The largest absolute Gasteiger partial charge is 0.497 e. The first-order chi connectivity index (χ1) is 9.10. The van der Waals surface area contributed by atoms with Gasteiger partial charge in [0.25, 0.3) is 0 Å². The molecule has 0 spiro atoms. The fourth-order valence-electron chi connectivity index (χ4n) is 2.34. The quantitative estimate of drug-likeness (QED) is 0.692. The molecule has 0 aliphatic carbocycles. The van der Waals surface area contributed by atoms with Crippen LogP contribution in [0.3, 0.4) is 0 Å². The van der Waals surface area contributed by atoms with Gasteiger partial charge < -0.3 is 19.7 Å². The lowest BCUT2D eigenvalue weighted by Gasteiger charge is -2.32. The van der Waals surface area contributed by atoms with Gasteiger partial charge in [0.1, 0.15) is 5.75 Å². The van der Waals surface area contributed by atoms with Crippen LogP contribution in [-0.4, -0.2) is 67.3 Å². The average molecular weight is 264 g/mol. The Morgan fingerprint density at radius 2 is 1.89 bits per heavy atom. The Bertz CT molecular complexity index is 420. The maximum Gasteiger partial charge on any atom is 0.488 e. The van der Waals surface area contributed by atoms with Crippen molar-refractivity contribution in [3.8, 4) is 5.75 Å². The van der Waals surface area contributed by atoms with Crippen LogP contribution in [0.4, 0.5) is 0 Å². The number of nitrogens with zero attached hydrogens (tertiary/aromatic N) is 2. The number of rotatable bonds is 4. The first-order valence-electron chi connectivity index (χ1n) is 6.54. The fraction of sp³-hybridized carbons (Fsp3) is 0.538. The smallest absolute Gasteiger partial charge is 0.488 e. The van der Waals surface area contributed by atoms with Crippen molar-refractivity contribution in [3.63, 3.8) is 0 Å². The van der Waals surface area contributed by atoms with Crippen molar-refractivity contribution in [2.75, 3.05) is 40.3 Å². The highest BCUT2D eigenvalue weighted by atomic mass is 16.5. The van der Waals surface area contributed by atoms with Crippen molar-refractivity contribution in [1.29, 1.82) is 0 Å². The SMILES string of the molecule is COc1ccc(B(O)O)c(CN2CCN(C)CC2)c1. The van der Waals surface area contributed by atoms with Crippen LogP contribution in [0, 0.1) is 0 Å². The highest BCUT2D eigenvalue weighted by molar-refractivity contribution is 6.59. The van der Waals surface area contributed by atoms with E-state index in [4.69, 9.17) is 4.74 Å². The van der Waals surface area contributed by atoms with Gasteiger partial charge in [-0.05, 0) is 30.2 Å². The van der Waals surface area contributed by atoms with E-state index < -0.39 is 7.12 Å². The molecule has 1 aromatic carbocycles. The third-order valence-electron chi connectivity index (χ3n) is 3.62. The normalized spacial score (nSPS) is 17.5. The van der Waals surface area contributed by atoms with Crippen molar-refractivity contribution in [2.45, 2.75) is 6.54 Å². The molecule has 1 heterocycles. The Balaban J connectivity index is 2.13. The summed E-state index contributed by atoms with van der Waals surface area (Å²) in [5.41, 5.74) is 1.47. The molecular formula is C13H21BN2O3. The second-order valence-corrected chi connectivity index (χ2v) is 5.02. The first-order valence-corrected chi connectivity index (χ1v) is 6.54. The van der Waals surface area contributed by atoms with E-state index >= 15 is 0 Å². The molecule has 0 bridgehead atoms. The molecule has 0 aromatic heterocycles. The summed E-state index contributed by atoms with van der Waals surface area (Å²) in [4.78, 5) is 4.62. The van der Waals surface area contributed by atoms with Gasteiger partial charge in [-0.3, -0.25) is 4.90 Å². The number of hydrogen-bond acceptors (Lipinski definition) is 5. The van der Waals surface area contributed by atoms with E-state index in [1.54, 1.807) is 19.2 Å². The molecule has 104 valence electrons. The molecule has 1 aliphatic rings. The Labute approximate surface area is 114 Å². The lowest BCUT2D eigenvalue weighted by molar-refractivity contribution is 0.148. The van der Waals surface area contributed by atoms with Crippen molar-refractivity contribution >= 4 is 12.6 Å². The molecule has 0 unspecified atom stereocenters. The minimum atomic E-state index is -1.44. The predicted octanol–water partition coefficient (Wildman–Crippen LogP) is -0.878. The molecular weight excluding hydrogens is 243 g/mol. The van der Waals surface area contributed by atoms with E-state index in [9.17, 15) is 10.0 Å². The van der Waals surface area contributed by atoms with Gasteiger partial charge in [-0.15, -0.1) is 0 Å². The molecule has 6 heteroatoms. The van der Waals surface area contributed by atoms with Gasteiger partial charge in [-0.2, -0.15) is 0 Å². The summed E-state index contributed by atoms with van der Waals surface area (Å²) in [5, 5.41) is 18.9. The summed E-state index contributed by atoms with van der Waals surface area (Å²) in [6, 6.07) is 5.35. The zero-order chi connectivity index (χ0) is 13.8. The van der Waals surface area contributed by atoms with Gasteiger partial charge in [0.15, 0.2) is 0 Å². The van der Waals surface area contributed by atoms with Crippen LogP contribution >= 0.6 is 0 Å². The Morgan fingerprint density at radius 3 is 2.47 bits per heavy atom. The van der Waals surface area contributed by atoms with E-state index in [0.29, 0.717) is 5.46 Å². The van der Waals surface area contributed by atoms with Crippen molar-refractivity contribution in [3.05, 3.63) is 23.8 Å². The highest BCUT2D eigenvalue weighted by Gasteiger charge is 2.20. The lowest BCUT2D eigenvalue weighted by atomic mass is 9.77. The van der Waals surface area contributed by atoms with E-state index in [0.717, 1.165) is 44.0 Å². The highest BCUT2D eigenvalue weighted by Crippen LogP contribution is 2.14. The summed E-state index contributed by atoms with van der Waals surface area (Å²) < 4.78 is 5.21. The van der Waals surface area contributed by atoms with Crippen LogP contribution in [-0.2, 0) is 6.54 Å². The Morgan fingerprint density at radius 1 is 1.21 bits per heavy atom. The number of benzene rings is 1. The summed E-state index contributed by atoms with van der Waals surface area (Å²) >= 11 is 0. The molecule has 0 radical (unpaired) electrons. The third-order valence-corrected chi connectivity index (χ3v) is 3.62. The van der Waals surface area contributed by atoms with E-state index in [-0.39, 0.29) is 0 Å². The number of methoxy groups -OCH3 is 1. The minimum Gasteiger partial charge on any atom is -0.497 e. The Hall–Kier alpha value is -1.08. The zero-order valence-corrected chi connectivity index (χ0v) is 11.5. The molecule has 1 fully saturated rings. The molecule has 5 nitrogen and oxygen atoms in total. The summed E-state index contributed by atoms with van der Waals surface area (Å²) in [7, 11) is 2.30. The molecule has 1 aromatic rings. The van der Waals surface area contributed by atoms with Crippen LogP contribution in [0.5, 0.6) is 5.75 Å². The number of piperazine rings is 1. The van der Waals surface area contributed by atoms with E-state index in [1.807, 2.05) is 6.07 Å². The number of hydrogen-bond donors (Lipinski definition) is 2. The molecule has 1 aliphatic heterocycles. The maximum absolute atomic E-state index is 9.43. The van der Waals surface area contributed by atoms with Crippen molar-refractivity contribution in [1.82, 2.24) is 9.80 Å². The monoisotopic (exact) mass is 264 g/mol. The van der Waals surface area contributed by atoms with Crippen LogP contribution in [0.15, 0.2) is 18.2 Å². The lowest BCUT2D eigenvalue weighted by Crippen LogP contribution is -2.45. The van der Waals surface area contributed by atoms with Crippen LogP contribution < -0.4 is 10.2 Å². The van der Waals surface area contributed by atoms with E-state index in [1.165, 1.54) is 0 Å². The second kappa shape index (κ2) is 6.39. The Kier molecular flexibility index (Phi) is 4.82. The van der Waals surface area contributed by atoms with Gasteiger partial charge in [-0.25, -0.2) is 0 Å². The van der Waals surface area contributed by atoms with Gasteiger partial charge in [0, 0.05) is 32.7 Å². The molecule has 0 amide bonds. The summed E-state index contributed by atoms with van der Waals surface area (Å²) in [6.45, 7) is 4.79. The van der Waals surface area contributed by atoms with E-state index in [2.05, 4.69) is 16.8 Å². The van der Waals surface area contributed by atoms with Gasteiger partial charge in [-0.1, -0.05) is 6.07 Å². The molecule has 0 atom stereocenters. The topological polar surface area (TPSA) is 56.2 Å². The molecule has 0 saturated carbocycles. The first kappa shape index (κ1) is 14.3. The minimum absolute atomic E-state index is 0.555. The van der Waals surface area contributed by atoms with Gasteiger partial charge >= 0.3 is 7.12 Å². The van der Waals surface area contributed by atoms with Crippen LogP contribution in [0.25, 0.3) is 0 Å². The summed E-state index contributed by atoms with van der Waals surface area (Å²) in [6.07, 6.45) is 0. The second-order valence-electron chi connectivity index (χ2n) is 5.02. The molecule has 19 heavy (non-hydrogen) atoms. The molecule has 2 N–H and O–H groups in total. The number of likely N-dealkylation sites (N-methyl/N-ethyl adjacent to an activating group) is 1. The average Bonchev–Trinajstić information content (AvgIpc) is 2.41. The standard InChI is InChI=1S/C13H21BN2O3/c1-15-5-7-16(8-6-15)10-11-9-12(19-2)3-4-13(11)14(17)18/h3-4,9,17-18H,5-8,10H2,1-2H3. The van der Waals surface area contributed by atoms with Crippen LogP contribution in [0.2, 0.25) is 0 Å². The zero-order valence-electron chi connectivity index (χ0n) is 11.5. The van der Waals surface area contributed by atoms with Crippen molar-refractivity contribution in [2.24, 2.45) is 0 Å². The van der Waals surface area contributed by atoms with Gasteiger partial charge in [0.2, 0.25) is 0 Å². The van der Waals surface area contributed by atoms with Gasteiger partial charge in [0.05, 0.1) is 7.11 Å². The molecule has 1 saturated heterocycles. The molecule has 2 rings (SSSR count). The fourth-order valence-corrected chi connectivity index (χ4v) is 2.34.